The molecule has 0 aromatic carbocycles. The minimum atomic E-state index is 0.116. The monoisotopic (exact) mass is 293 g/mol. The summed E-state index contributed by atoms with van der Waals surface area (Å²) in [5.41, 5.74) is 6.39. The van der Waals surface area contributed by atoms with Gasteiger partial charge in [-0.2, -0.15) is 0 Å². The van der Waals surface area contributed by atoms with Gasteiger partial charge in [0.15, 0.2) is 0 Å². The number of amides is 1. The van der Waals surface area contributed by atoms with Crippen LogP contribution in [0.4, 0.5) is 0 Å². The summed E-state index contributed by atoms with van der Waals surface area (Å²) in [5.74, 6) is 0.912. The minimum Gasteiger partial charge on any atom is -0.341 e. The van der Waals surface area contributed by atoms with Crippen LogP contribution in [-0.4, -0.2) is 45.4 Å². The summed E-state index contributed by atoms with van der Waals surface area (Å²) in [7, 11) is 1.91. The van der Waals surface area contributed by atoms with Gasteiger partial charge in [-0.05, 0) is 51.0 Å². The molecule has 0 radical (unpaired) electrons. The molecule has 2 N–H and O–H groups in total. The molecule has 0 saturated heterocycles. The summed E-state index contributed by atoms with van der Waals surface area (Å²) >= 11 is 0. The van der Waals surface area contributed by atoms with E-state index in [-0.39, 0.29) is 12.5 Å². The van der Waals surface area contributed by atoms with Gasteiger partial charge in [0.1, 0.15) is 6.54 Å². The first-order valence-corrected chi connectivity index (χ1v) is 7.95. The first-order valence-electron chi connectivity index (χ1n) is 7.95. The summed E-state index contributed by atoms with van der Waals surface area (Å²) < 4.78 is 1.64. The minimum absolute atomic E-state index is 0.116. The van der Waals surface area contributed by atoms with E-state index < -0.39 is 0 Å². The lowest BCUT2D eigenvalue weighted by atomic mass is 9.87. The van der Waals surface area contributed by atoms with Crippen molar-refractivity contribution >= 4 is 5.91 Å². The summed E-state index contributed by atoms with van der Waals surface area (Å²) in [4.78, 5) is 14.2. The van der Waals surface area contributed by atoms with E-state index >= 15 is 0 Å². The Morgan fingerprint density at radius 2 is 2.14 bits per heavy atom. The fourth-order valence-electron chi connectivity index (χ4n) is 2.90. The Morgan fingerprint density at radius 3 is 2.81 bits per heavy atom. The second-order valence-corrected chi connectivity index (χ2v) is 6.22. The number of rotatable bonds is 6. The van der Waals surface area contributed by atoms with Gasteiger partial charge in [-0.25, -0.2) is 4.68 Å². The van der Waals surface area contributed by atoms with Gasteiger partial charge >= 0.3 is 0 Å². The average Bonchev–Trinajstić information content (AvgIpc) is 2.92. The van der Waals surface area contributed by atoms with Gasteiger partial charge in [-0.1, -0.05) is 12.1 Å². The zero-order valence-electron chi connectivity index (χ0n) is 13.2. The second-order valence-electron chi connectivity index (χ2n) is 6.22. The first kappa shape index (κ1) is 15.9. The molecule has 1 aliphatic rings. The van der Waals surface area contributed by atoms with E-state index in [1.807, 2.05) is 18.1 Å². The van der Waals surface area contributed by atoms with Crippen molar-refractivity contribution < 1.29 is 4.79 Å². The van der Waals surface area contributed by atoms with E-state index in [0.29, 0.717) is 12.6 Å². The van der Waals surface area contributed by atoms with Crippen molar-refractivity contribution in [2.75, 3.05) is 13.6 Å². The van der Waals surface area contributed by atoms with Crippen molar-refractivity contribution in [3.05, 3.63) is 11.9 Å². The van der Waals surface area contributed by atoms with E-state index in [2.05, 4.69) is 17.2 Å². The van der Waals surface area contributed by atoms with Crippen LogP contribution in [0.2, 0.25) is 0 Å². The summed E-state index contributed by atoms with van der Waals surface area (Å²) in [6.07, 6.45) is 8.23. The third kappa shape index (κ3) is 4.52. The predicted molar refractivity (Wildman–Crippen MR) is 81.6 cm³/mol. The van der Waals surface area contributed by atoms with Gasteiger partial charge in [-0.3, -0.25) is 4.79 Å². The van der Waals surface area contributed by atoms with E-state index in [1.54, 1.807) is 4.68 Å². The number of likely N-dealkylation sites (N-methyl/N-ethyl adjacent to an activating group) is 1. The maximum Gasteiger partial charge on any atom is 0.244 e. The van der Waals surface area contributed by atoms with Gasteiger partial charge in [-0.15, -0.1) is 5.10 Å². The van der Waals surface area contributed by atoms with E-state index in [4.69, 9.17) is 5.73 Å². The molecular weight excluding hydrogens is 266 g/mol. The van der Waals surface area contributed by atoms with Crippen LogP contribution in [0.1, 0.15) is 44.7 Å². The topological polar surface area (TPSA) is 77.0 Å². The molecule has 1 aromatic heterocycles. The van der Waals surface area contributed by atoms with Crippen molar-refractivity contribution in [1.29, 1.82) is 0 Å². The highest BCUT2D eigenvalue weighted by Crippen LogP contribution is 2.26. The smallest absolute Gasteiger partial charge is 0.244 e. The molecule has 118 valence electrons. The highest BCUT2D eigenvalue weighted by Gasteiger charge is 2.24. The molecule has 1 aromatic rings. The standard InChI is InChI=1S/C15H27N5O/c1-12-5-7-14(8-6-12)19(2)15(21)11-20-10-13(17-18-20)4-3-9-16/h10,12,14H,3-9,11,16H2,1-2H3. The lowest BCUT2D eigenvalue weighted by Crippen LogP contribution is -2.41. The fraction of sp³-hybridized carbons (Fsp3) is 0.800. The first-order chi connectivity index (χ1) is 10.1. The molecule has 0 bridgehead atoms. The van der Waals surface area contributed by atoms with Crippen LogP contribution in [0.5, 0.6) is 0 Å². The predicted octanol–water partition coefficient (Wildman–Crippen LogP) is 1.21. The molecule has 1 aliphatic carbocycles. The van der Waals surface area contributed by atoms with E-state index in [0.717, 1.165) is 37.3 Å². The number of hydrogen-bond donors (Lipinski definition) is 1. The molecule has 2 rings (SSSR count). The maximum atomic E-state index is 12.3. The van der Waals surface area contributed by atoms with Crippen LogP contribution in [0.3, 0.4) is 0 Å². The van der Waals surface area contributed by atoms with Crippen LogP contribution in [0, 0.1) is 5.92 Å². The molecular formula is C15H27N5O. The third-order valence-corrected chi connectivity index (χ3v) is 4.45. The number of nitrogens with two attached hydrogens (primary N) is 1. The molecule has 1 heterocycles. The van der Waals surface area contributed by atoms with Crippen molar-refractivity contribution in [2.45, 2.75) is 58.0 Å². The average molecular weight is 293 g/mol. The van der Waals surface area contributed by atoms with Gasteiger partial charge in [0.05, 0.1) is 5.69 Å². The van der Waals surface area contributed by atoms with Crippen molar-refractivity contribution in [3.8, 4) is 0 Å². The van der Waals surface area contributed by atoms with Crippen LogP contribution < -0.4 is 5.73 Å². The molecule has 21 heavy (non-hydrogen) atoms. The van der Waals surface area contributed by atoms with Crippen LogP contribution in [0.25, 0.3) is 0 Å². The molecule has 0 unspecified atom stereocenters. The van der Waals surface area contributed by atoms with Crippen LogP contribution in [0.15, 0.2) is 6.20 Å². The number of aromatic nitrogens is 3. The van der Waals surface area contributed by atoms with Gasteiger partial charge in [0.2, 0.25) is 5.91 Å². The molecule has 6 nitrogen and oxygen atoms in total. The Morgan fingerprint density at radius 1 is 1.43 bits per heavy atom. The second kappa shape index (κ2) is 7.54. The highest BCUT2D eigenvalue weighted by atomic mass is 16.2. The number of hydrogen-bond acceptors (Lipinski definition) is 4. The van der Waals surface area contributed by atoms with Crippen molar-refractivity contribution in [3.63, 3.8) is 0 Å². The summed E-state index contributed by atoms with van der Waals surface area (Å²) in [6, 6.07) is 0.383. The van der Waals surface area contributed by atoms with Gasteiger partial charge in [0.25, 0.3) is 0 Å². The molecule has 1 saturated carbocycles. The van der Waals surface area contributed by atoms with E-state index in [1.165, 1.54) is 12.8 Å². The third-order valence-electron chi connectivity index (χ3n) is 4.45. The normalized spacial score (nSPS) is 22.2. The molecule has 1 fully saturated rings. The summed E-state index contributed by atoms with van der Waals surface area (Å²) in [6.45, 7) is 3.21. The molecule has 0 spiro atoms. The largest absolute Gasteiger partial charge is 0.341 e. The number of carbonyl (C=O) groups is 1. The zero-order chi connectivity index (χ0) is 15.2. The Bertz CT molecular complexity index is 451. The Hall–Kier alpha value is -1.43. The Labute approximate surface area is 126 Å². The van der Waals surface area contributed by atoms with Crippen LogP contribution in [-0.2, 0) is 17.8 Å². The van der Waals surface area contributed by atoms with Gasteiger partial charge in [0, 0.05) is 19.3 Å². The lowest BCUT2D eigenvalue weighted by molar-refractivity contribution is -0.133. The maximum absolute atomic E-state index is 12.3. The van der Waals surface area contributed by atoms with Crippen molar-refractivity contribution in [1.82, 2.24) is 19.9 Å². The highest BCUT2D eigenvalue weighted by molar-refractivity contribution is 5.75. The molecule has 1 amide bonds. The number of carbonyl (C=O) groups excluding carboxylic acids is 1. The SMILES string of the molecule is CC1CCC(N(C)C(=O)Cn2cc(CCCN)nn2)CC1. The molecule has 6 heteroatoms. The lowest BCUT2D eigenvalue weighted by Gasteiger charge is -2.33. The van der Waals surface area contributed by atoms with Crippen LogP contribution >= 0.6 is 0 Å². The number of nitrogens with zero attached hydrogens (tertiary/aromatic N) is 4. The number of aryl methyl sites for hydroxylation is 1. The fourth-order valence-corrected chi connectivity index (χ4v) is 2.90. The zero-order valence-corrected chi connectivity index (χ0v) is 13.2. The summed E-state index contributed by atoms with van der Waals surface area (Å²) in [5, 5.41) is 8.10. The van der Waals surface area contributed by atoms with Crippen molar-refractivity contribution in [2.24, 2.45) is 11.7 Å². The Kier molecular flexibility index (Phi) is 5.73. The van der Waals surface area contributed by atoms with E-state index in [9.17, 15) is 4.79 Å². The quantitative estimate of drug-likeness (QED) is 0.855. The Balaban J connectivity index is 1.84. The van der Waals surface area contributed by atoms with Gasteiger partial charge < -0.3 is 10.6 Å². The molecule has 0 atom stereocenters. The molecule has 0 aliphatic heterocycles.